The summed E-state index contributed by atoms with van der Waals surface area (Å²) in [5.74, 6) is 0.284. The van der Waals surface area contributed by atoms with Crippen molar-refractivity contribution in [3.63, 3.8) is 0 Å². The number of carbonyl (C=O) groups is 6. The number of benzene rings is 1. The van der Waals surface area contributed by atoms with E-state index in [1.54, 1.807) is 24.3 Å². The summed E-state index contributed by atoms with van der Waals surface area (Å²) in [7, 11) is 0. The smallest absolute Gasteiger partial charge is 0.315 e. The lowest BCUT2D eigenvalue weighted by molar-refractivity contribution is -0.156. The zero-order valence-electron chi connectivity index (χ0n) is 40.0. The Morgan fingerprint density at radius 2 is 1.38 bits per heavy atom. The fraction of sp³-hybridized carbons (Fsp3) is 0.745. The molecule has 2 fully saturated rings. The maximum Gasteiger partial charge on any atom is 0.315 e. The van der Waals surface area contributed by atoms with Crippen molar-refractivity contribution in [2.45, 2.75) is 155 Å². The Labute approximate surface area is 385 Å². The van der Waals surface area contributed by atoms with Crippen LogP contribution in [0.1, 0.15) is 137 Å². The SMILES string of the molecule is CCCCOC(=O)C(C)(C)CCOC(C)(C)CCNC(=O)COc1cccc(C(=O)NCCNC(=O)C(C)(C)CCOC(C)(C)CCNC(=O)CCCC[C@@H]2SC[C@@H]3NC(=O)N[C@@H]32)c1. The average molecular weight is 919 g/mol. The zero-order chi connectivity index (χ0) is 47.4. The van der Waals surface area contributed by atoms with E-state index in [0.717, 1.165) is 37.9 Å². The molecule has 1 aromatic rings. The topological polar surface area (TPSA) is 212 Å². The lowest BCUT2D eigenvalue weighted by atomic mass is 9.88. The summed E-state index contributed by atoms with van der Waals surface area (Å²) in [4.78, 5) is 74.8. The summed E-state index contributed by atoms with van der Waals surface area (Å²) in [6.45, 7) is 19.5. The number of thioether (sulfide) groups is 1. The number of urea groups is 1. The van der Waals surface area contributed by atoms with Crippen LogP contribution in [0.25, 0.3) is 0 Å². The van der Waals surface area contributed by atoms with E-state index in [1.165, 1.54) is 0 Å². The van der Waals surface area contributed by atoms with Crippen LogP contribution in [0.3, 0.4) is 0 Å². The molecule has 0 aromatic heterocycles. The summed E-state index contributed by atoms with van der Waals surface area (Å²) < 4.78 is 23.2. The molecule has 6 amide bonds. The van der Waals surface area contributed by atoms with Crippen LogP contribution in [0.5, 0.6) is 5.75 Å². The highest BCUT2D eigenvalue weighted by molar-refractivity contribution is 8.00. The molecular weight excluding hydrogens is 841 g/mol. The molecule has 0 radical (unpaired) electrons. The van der Waals surface area contributed by atoms with Crippen LogP contribution in [-0.4, -0.2) is 123 Å². The van der Waals surface area contributed by atoms with Gasteiger partial charge in [-0.25, -0.2) is 4.79 Å². The van der Waals surface area contributed by atoms with Gasteiger partial charge in [-0.15, -0.1) is 0 Å². The number of fused-ring (bicyclic) bond motifs is 1. The molecule has 64 heavy (non-hydrogen) atoms. The molecule has 17 heteroatoms. The van der Waals surface area contributed by atoms with Crippen LogP contribution >= 0.6 is 11.8 Å². The number of ether oxygens (including phenoxy) is 4. The van der Waals surface area contributed by atoms with E-state index in [4.69, 9.17) is 18.9 Å². The van der Waals surface area contributed by atoms with E-state index >= 15 is 0 Å². The summed E-state index contributed by atoms with van der Waals surface area (Å²) in [5.41, 5.74) is -2.02. The van der Waals surface area contributed by atoms with E-state index < -0.39 is 22.0 Å². The van der Waals surface area contributed by atoms with Crippen molar-refractivity contribution >= 4 is 47.4 Å². The molecule has 2 aliphatic rings. The van der Waals surface area contributed by atoms with Crippen molar-refractivity contribution in [2.75, 3.05) is 58.4 Å². The molecule has 16 nitrogen and oxygen atoms in total. The Morgan fingerprint density at radius 1 is 0.734 bits per heavy atom. The van der Waals surface area contributed by atoms with Gasteiger partial charge in [-0.3, -0.25) is 24.0 Å². The Hall–Kier alpha value is -4.09. The van der Waals surface area contributed by atoms with Gasteiger partial charge in [0.05, 0.1) is 35.3 Å². The van der Waals surface area contributed by atoms with Gasteiger partial charge in [-0.05, 0) is 105 Å². The molecule has 3 rings (SSSR count). The third kappa shape index (κ3) is 20.0. The first kappa shape index (κ1) is 54.2. The number of rotatable bonds is 31. The highest BCUT2D eigenvalue weighted by atomic mass is 32.2. The Bertz CT molecular complexity index is 1690. The van der Waals surface area contributed by atoms with Crippen LogP contribution in [0, 0.1) is 10.8 Å². The minimum Gasteiger partial charge on any atom is -0.484 e. The van der Waals surface area contributed by atoms with E-state index in [2.05, 4.69) is 31.9 Å². The minimum absolute atomic E-state index is 0.0217. The third-order valence-corrected chi connectivity index (χ3v) is 13.2. The molecule has 2 aliphatic heterocycles. The lowest BCUT2D eigenvalue weighted by Gasteiger charge is -2.29. The second kappa shape index (κ2) is 26.2. The van der Waals surface area contributed by atoms with Crippen molar-refractivity contribution in [1.29, 1.82) is 0 Å². The number of carbonyl (C=O) groups excluding carboxylic acids is 6. The Morgan fingerprint density at radius 3 is 2.05 bits per heavy atom. The molecule has 1 aromatic carbocycles. The molecule has 0 spiro atoms. The lowest BCUT2D eigenvalue weighted by Crippen LogP contribution is -2.42. The first-order valence-corrected chi connectivity index (χ1v) is 24.1. The Kier molecular flexibility index (Phi) is 22.2. The van der Waals surface area contributed by atoms with Crippen molar-refractivity contribution in [3.8, 4) is 5.75 Å². The largest absolute Gasteiger partial charge is 0.484 e. The number of hydrogen-bond donors (Lipinski definition) is 6. The van der Waals surface area contributed by atoms with Crippen LogP contribution < -0.4 is 36.6 Å². The molecule has 2 saturated heterocycles. The zero-order valence-corrected chi connectivity index (χ0v) is 40.8. The fourth-order valence-electron chi connectivity index (χ4n) is 7.02. The highest BCUT2D eigenvalue weighted by Gasteiger charge is 2.42. The molecule has 0 unspecified atom stereocenters. The van der Waals surface area contributed by atoms with E-state index in [1.807, 2.05) is 74.1 Å². The molecular formula is C47H78N6O10S. The van der Waals surface area contributed by atoms with Gasteiger partial charge in [-0.2, -0.15) is 11.8 Å². The van der Waals surface area contributed by atoms with Gasteiger partial charge in [-0.1, -0.05) is 39.7 Å². The highest BCUT2D eigenvalue weighted by Crippen LogP contribution is 2.33. The normalized spacial score (nSPS) is 17.5. The van der Waals surface area contributed by atoms with Crippen molar-refractivity contribution in [1.82, 2.24) is 31.9 Å². The quantitative estimate of drug-likeness (QED) is 0.0315. The van der Waals surface area contributed by atoms with Crippen LogP contribution in [0.4, 0.5) is 4.79 Å². The number of amides is 6. The number of unbranched alkanes of at least 4 members (excludes halogenated alkanes) is 2. The van der Waals surface area contributed by atoms with Gasteiger partial charge >= 0.3 is 12.0 Å². The average Bonchev–Trinajstić information content (AvgIpc) is 3.78. The predicted molar refractivity (Wildman–Crippen MR) is 249 cm³/mol. The van der Waals surface area contributed by atoms with Gasteiger partial charge < -0.3 is 50.8 Å². The Balaban J connectivity index is 1.24. The number of nitrogens with one attached hydrogen (secondary N) is 6. The maximum absolute atomic E-state index is 13.0. The third-order valence-electron chi connectivity index (χ3n) is 11.7. The van der Waals surface area contributed by atoms with Crippen molar-refractivity contribution < 1.29 is 47.7 Å². The molecule has 3 atom stereocenters. The molecule has 0 aliphatic carbocycles. The van der Waals surface area contributed by atoms with E-state index in [-0.39, 0.29) is 67.4 Å². The van der Waals surface area contributed by atoms with Crippen LogP contribution in [0.2, 0.25) is 0 Å². The predicted octanol–water partition coefficient (Wildman–Crippen LogP) is 5.42. The summed E-state index contributed by atoms with van der Waals surface area (Å²) in [6.07, 6.45) is 7.17. The summed E-state index contributed by atoms with van der Waals surface area (Å²) in [6, 6.07) is 6.86. The van der Waals surface area contributed by atoms with Gasteiger partial charge in [0, 0.05) is 67.8 Å². The molecule has 0 saturated carbocycles. The number of esters is 1. The first-order valence-electron chi connectivity index (χ1n) is 23.1. The standard InChI is InChI=1S/C47H78N6O10S/c1-10-11-27-60-42(58)45(4,5)22-29-63-47(8,9)20-24-49-38(55)31-61-34-16-14-15-33(30-34)40(56)50-25-26-51-41(57)44(2,3)21-28-62-46(6,7)19-23-48-37(54)18-13-12-17-36-39-35(32-64-36)52-43(59)53-39/h14-16,30,35-36,39H,10-13,17-29,31-32H2,1-9H3,(H,48,54)(H,49,55)(H,50,56)(H,51,57)(H2,52,53,59)/t35-,36-,39-/m0/s1. The van der Waals surface area contributed by atoms with Gasteiger partial charge in [0.25, 0.3) is 11.8 Å². The monoisotopic (exact) mass is 919 g/mol. The second-order valence-electron chi connectivity index (χ2n) is 19.4. The van der Waals surface area contributed by atoms with Crippen molar-refractivity contribution in [2.24, 2.45) is 10.8 Å². The first-order chi connectivity index (χ1) is 30.1. The molecule has 2 heterocycles. The van der Waals surface area contributed by atoms with Crippen molar-refractivity contribution in [3.05, 3.63) is 29.8 Å². The summed E-state index contributed by atoms with van der Waals surface area (Å²) in [5, 5.41) is 17.9. The molecule has 6 N–H and O–H groups in total. The van der Waals surface area contributed by atoms with Gasteiger partial charge in [0.2, 0.25) is 11.8 Å². The van der Waals surface area contributed by atoms with E-state index in [0.29, 0.717) is 81.6 Å². The minimum atomic E-state index is -0.711. The fourth-order valence-corrected chi connectivity index (χ4v) is 8.56. The summed E-state index contributed by atoms with van der Waals surface area (Å²) >= 11 is 1.89. The molecule has 0 bridgehead atoms. The van der Waals surface area contributed by atoms with Crippen LogP contribution in [-0.2, 0) is 33.4 Å². The maximum atomic E-state index is 13.0. The van der Waals surface area contributed by atoms with Crippen LogP contribution in [0.15, 0.2) is 24.3 Å². The molecule has 362 valence electrons. The van der Waals surface area contributed by atoms with E-state index in [9.17, 15) is 28.8 Å². The van der Waals surface area contributed by atoms with Gasteiger partial charge in [0.15, 0.2) is 6.61 Å². The van der Waals surface area contributed by atoms with Gasteiger partial charge in [0.1, 0.15) is 5.75 Å². The number of hydrogen-bond acceptors (Lipinski definition) is 11. The second-order valence-corrected chi connectivity index (χ2v) is 20.6.